The van der Waals surface area contributed by atoms with E-state index >= 15 is 0 Å². The van der Waals surface area contributed by atoms with Crippen LogP contribution in [-0.2, 0) is 4.79 Å². The fraction of sp³-hybridized carbons (Fsp3) is 0.462. The van der Waals surface area contributed by atoms with Gasteiger partial charge in [0.1, 0.15) is 0 Å². The lowest BCUT2D eigenvalue weighted by Gasteiger charge is -2.23. The highest BCUT2D eigenvalue weighted by Gasteiger charge is 2.20. The molecular formula is C13H19ClN2O2. The molecule has 0 heterocycles. The highest BCUT2D eigenvalue weighted by molar-refractivity contribution is 6.33. The maximum absolute atomic E-state index is 10.9. The van der Waals surface area contributed by atoms with E-state index in [0.717, 1.165) is 0 Å². The molecule has 0 radical (unpaired) electrons. The van der Waals surface area contributed by atoms with Crippen molar-refractivity contribution >= 4 is 23.2 Å². The Morgan fingerprint density at radius 3 is 2.50 bits per heavy atom. The molecule has 4 N–H and O–H groups in total. The molecule has 0 aromatic heterocycles. The monoisotopic (exact) mass is 270 g/mol. The van der Waals surface area contributed by atoms with Crippen LogP contribution in [0.4, 0.5) is 5.69 Å². The van der Waals surface area contributed by atoms with E-state index in [1.807, 2.05) is 13.8 Å². The summed E-state index contributed by atoms with van der Waals surface area (Å²) in [4.78, 5) is 10.9. The average molecular weight is 271 g/mol. The minimum Gasteiger partial charge on any atom is -0.387 e. The Bertz CT molecular complexity index is 435. The van der Waals surface area contributed by atoms with Crippen LogP contribution in [0.5, 0.6) is 0 Å². The van der Waals surface area contributed by atoms with Gasteiger partial charge in [0, 0.05) is 13.0 Å². The number of anilines is 1. The second-order valence-corrected chi connectivity index (χ2v) is 5.09. The standard InChI is InChI=1S/C13H19ClN2O2/c1-7(2)12(15)13(18)9-4-5-11(10(14)6-9)16-8(3)17/h4-7,12-13,18H,15H2,1-3H3,(H,16,17). The molecule has 0 aliphatic carbocycles. The van der Waals surface area contributed by atoms with Gasteiger partial charge in [0.25, 0.3) is 0 Å². The van der Waals surface area contributed by atoms with Crippen LogP contribution in [0.3, 0.4) is 0 Å². The number of rotatable bonds is 4. The summed E-state index contributed by atoms with van der Waals surface area (Å²) in [6, 6.07) is 4.65. The van der Waals surface area contributed by atoms with Crippen molar-refractivity contribution in [1.29, 1.82) is 0 Å². The Morgan fingerprint density at radius 1 is 1.44 bits per heavy atom. The summed E-state index contributed by atoms with van der Waals surface area (Å²) in [5.41, 5.74) is 7.07. The minimum atomic E-state index is -0.770. The summed E-state index contributed by atoms with van der Waals surface area (Å²) in [6.07, 6.45) is -0.770. The molecule has 0 aliphatic heterocycles. The molecule has 2 unspecified atom stereocenters. The summed E-state index contributed by atoms with van der Waals surface area (Å²) in [6.45, 7) is 5.30. The van der Waals surface area contributed by atoms with Crippen LogP contribution in [0, 0.1) is 5.92 Å². The molecular weight excluding hydrogens is 252 g/mol. The van der Waals surface area contributed by atoms with Crippen LogP contribution in [0.2, 0.25) is 5.02 Å². The van der Waals surface area contributed by atoms with E-state index in [2.05, 4.69) is 5.32 Å². The molecule has 4 nitrogen and oxygen atoms in total. The van der Waals surface area contributed by atoms with E-state index < -0.39 is 6.10 Å². The molecule has 1 aromatic carbocycles. The number of halogens is 1. The summed E-state index contributed by atoms with van der Waals surface area (Å²) >= 11 is 6.04. The van der Waals surface area contributed by atoms with Gasteiger partial charge in [-0.1, -0.05) is 31.5 Å². The van der Waals surface area contributed by atoms with Crippen molar-refractivity contribution in [3.05, 3.63) is 28.8 Å². The zero-order valence-corrected chi connectivity index (χ0v) is 11.5. The molecule has 2 atom stereocenters. The van der Waals surface area contributed by atoms with Gasteiger partial charge in [0.15, 0.2) is 0 Å². The van der Waals surface area contributed by atoms with Crippen molar-refractivity contribution in [3.63, 3.8) is 0 Å². The summed E-state index contributed by atoms with van der Waals surface area (Å²) in [5, 5.41) is 13.1. The fourth-order valence-corrected chi connectivity index (χ4v) is 1.83. The summed E-state index contributed by atoms with van der Waals surface area (Å²) in [5.74, 6) is -0.0297. The van der Waals surface area contributed by atoms with E-state index in [1.165, 1.54) is 6.92 Å². The molecule has 100 valence electrons. The Hall–Kier alpha value is -1.10. The number of hydrogen-bond donors (Lipinski definition) is 3. The first-order chi connectivity index (χ1) is 8.32. The van der Waals surface area contributed by atoms with Crippen LogP contribution in [0.15, 0.2) is 18.2 Å². The first kappa shape index (κ1) is 15.0. The van der Waals surface area contributed by atoms with Gasteiger partial charge in [-0.3, -0.25) is 4.79 Å². The quantitative estimate of drug-likeness (QED) is 0.786. The van der Waals surface area contributed by atoms with Crippen LogP contribution >= 0.6 is 11.6 Å². The zero-order chi connectivity index (χ0) is 13.9. The van der Waals surface area contributed by atoms with Gasteiger partial charge in [-0.05, 0) is 23.6 Å². The smallest absolute Gasteiger partial charge is 0.221 e. The van der Waals surface area contributed by atoms with E-state index in [0.29, 0.717) is 16.3 Å². The SMILES string of the molecule is CC(=O)Nc1ccc(C(O)C(N)C(C)C)cc1Cl. The third-order valence-corrected chi connectivity index (χ3v) is 3.09. The first-order valence-electron chi connectivity index (χ1n) is 5.83. The van der Waals surface area contributed by atoms with E-state index in [9.17, 15) is 9.90 Å². The minimum absolute atomic E-state index is 0.161. The number of benzene rings is 1. The number of carbonyl (C=O) groups excluding carboxylic acids is 1. The molecule has 1 amide bonds. The van der Waals surface area contributed by atoms with Crippen LogP contribution in [-0.4, -0.2) is 17.1 Å². The molecule has 0 fully saturated rings. The lowest BCUT2D eigenvalue weighted by molar-refractivity contribution is -0.114. The first-order valence-corrected chi connectivity index (χ1v) is 6.21. The predicted molar refractivity (Wildman–Crippen MR) is 73.5 cm³/mol. The number of amides is 1. The number of aliphatic hydroxyl groups is 1. The lowest BCUT2D eigenvalue weighted by atomic mass is 9.94. The molecule has 0 saturated heterocycles. The molecule has 5 heteroatoms. The summed E-state index contributed by atoms with van der Waals surface area (Å²) in [7, 11) is 0. The number of carbonyl (C=O) groups is 1. The molecule has 0 aliphatic rings. The molecule has 0 spiro atoms. The Labute approximate surface area is 112 Å². The van der Waals surface area contributed by atoms with Crippen molar-refractivity contribution in [2.75, 3.05) is 5.32 Å². The third kappa shape index (κ3) is 3.70. The highest BCUT2D eigenvalue weighted by Crippen LogP contribution is 2.28. The molecule has 0 bridgehead atoms. The van der Waals surface area contributed by atoms with E-state index in [1.54, 1.807) is 18.2 Å². The van der Waals surface area contributed by atoms with Crippen molar-refractivity contribution < 1.29 is 9.90 Å². The second-order valence-electron chi connectivity index (χ2n) is 4.69. The Morgan fingerprint density at radius 2 is 2.06 bits per heavy atom. The van der Waals surface area contributed by atoms with Gasteiger partial charge < -0.3 is 16.2 Å². The van der Waals surface area contributed by atoms with Gasteiger partial charge in [-0.15, -0.1) is 0 Å². The Kier molecular flexibility index (Phi) is 5.14. The maximum atomic E-state index is 10.9. The second kappa shape index (κ2) is 6.18. The molecule has 18 heavy (non-hydrogen) atoms. The van der Waals surface area contributed by atoms with Gasteiger partial charge >= 0.3 is 0 Å². The largest absolute Gasteiger partial charge is 0.387 e. The number of nitrogens with two attached hydrogens (primary N) is 1. The summed E-state index contributed by atoms with van der Waals surface area (Å²) < 4.78 is 0. The molecule has 0 saturated carbocycles. The van der Waals surface area contributed by atoms with Crippen molar-refractivity contribution in [2.45, 2.75) is 32.9 Å². The number of aliphatic hydroxyl groups excluding tert-OH is 1. The number of nitrogens with one attached hydrogen (secondary N) is 1. The van der Waals surface area contributed by atoms with Gasteiger partial charge in [0.2, 0.25) is 5.91 Å². The topological polar surface area (TPSA) is 75.3 Å². The highest BCUT2D eigenvalue weighted by atomic mass is 35.5. The van der Waals surface area contributed by atoms with Crippen molar-refractivity contribution in [2.24, 2.45) is 11.7 Å². The maximum Gasteiger partial charge on any atom is 0.221 e. The molecule has 1 rings (SSSR count). The molecule has 1 aromatic rings. The predicted octanol–water partition coefficient (Wildman–Crippen LogP) is 2.32. The van der Waals surface area contributed by atoms with E-state index in [4.69, 9.17) is 17.3 Å². The van der Waals surface area contributed by atoms with E-state index in [-0.39, 0.29) is 17.9 Å². The van der Waals surface area contributed by atoms with Crippen LogP contribution in [0.25, 0.3) is 0 Å². The average Bonchev–Trinajstić information content (AvgIpc) is 2.29. The Balaban J connectivity index is 2.93. The van der Waals surface area contributed by atoms with Gasteiger partial charge in [-0.2, -0.15) is 0 Å². The van der Waals surface area contributed by atoms with Crippen LogP contribution < -0.4 is 11.1 Å². The van der Waals surface area contributed by atoms with Crippen LogP contribution in [0.1, 0.15) is 32.4 Å². The van der Waals surface area contributed by atoms with Gasteiger partial charge in [0.05, 0.1) is 16.8 Å². The fourth-order valence-electron chi connectivity index (χ4n) is 1.59. The van der Waals surface area contributed by atoms with Crippen molar-refractivity contribution in [3.8, 4) is 0 Å². The lowest BCUT2D eigenvalue weighted by Crippen LogP contribution is -2.33. The third-order valence-electron chi connectivity index (χ3n) is 2.78. The normalized spacial score (nSPS) is 14.4. The number of hydrogen-bond acceptors (Lipinski definition) is 3. The zero-order valence-electron chi connectivity index (χ0n) is 10.8. The van der Waals surface area contributed by atoms with Crippen molar-refractivity contribution in [1.82, 2.24) is 0 Å². The van der Waals surface area contributed by atoms with Gasteiger partial charge in [-0.25, -0.2) is 0 Å².